The van der Waals surface area contributed by atoms with Crippen LogP contribution in [0.25, 0.3) is 11.4 Å². The van der Waals surface area contributed by atoms with Crippen LogP contribution in [-0.4, -0.2) is 61.4 Å². The number of hydrogen-bond acceptors (Lipinski definition) is 7. The van der Waals surface area contributed by atoms with E-state index in [1.54, 1.807) is 25.3 Å². The van der Waals surface area contributed by atoms with Gasteiger partial charge in [-0.25, -0.2) is 8.42 Å². The number of hydrogen-bond donors (Lipinski definition) is 0. The first kappa shape index (κ1) is 22.7. The molecule has 1 amide bonds. The first-order valence-corrected chi connectivity index (χ1v) is 11.0. The summed E-state index contributed by atoms with van der Waals surface area (Å²) in [4.78, 5) is 18.2. The smallest absolute Gasteiger partial charge is 0.246 e. The van der Waals surface area contributed by atoms with E-state index >= 15 is 0 Å². The average Bonchev–Trinajstić information content (AvgIpc) is 3.22. The quantitative estimate of drug-likeness (QED) is 0.504. The van der Waals surface area contributed by atoms with Crippen LogP contribution >= 0.6 is 11.6 Å². The van der Waals surface area contributed by atoms with Gasteiger partial charge in [-0.1, -0.05) is 28.9 Å². The molecule has 0 saturated carbocycles. The maximum absolute atomic E-state index is 12.6. The fraction of sp³-hybridized carbons (Fsp3) is 0.250. The summed E-state index contributed by atoms with van der Waals surface area (Å²) in [5.41, 5.74) is 0.706. The molecule has 31 heavy (non-hydrogen) atoms. The highest BCUT2D eigenvalue weighted by molar-refractivity contribution is 7.89. The largest absolute Gasteiger partial charge is 0.497 e. The summed E-state index contributed by atoms with van der Waals surface area (Å²) in [6.07, 6.45) is 0. The van der Waals surface area contributed by atoms with Gasteiger partial charge < -0.3 is 14.2 Å². The molecule has 0 unspecified atom stereocenters. The van der Waals surface area contributed by atoms with Crippen LogP contribution in [0.5, 0.6) is 5.75 Å². The molecule has 0 atom stereocenters. The Morgan fingerprint density at radius 1 is 1.16 bits per heavy atom. The van der Waals surface area contributed by atoms with Crippen LogP contribution in [0.4, 0.5) is 0 Å². The third-order valence-electron chi connectivity index (χ3n) is 4.47. The van der Waals surface area contributed by atoms with E-state index in [0.717, 1.165) is 4.31 Å². The summed E-state index contributed by atoms with van der Waals surface area (Å²) in [5.74, 6) is 0.802. The van der Waals surface area contributed by atoms with Crippen molar-refractivity contribution < 1.29 is 22.5 Å². The Balaban J connectivity index is 1.64. The SMILES string of the molecule is COc1cccc(-c2noc(CN(C)C(=O)CN(C)S(=O)(=O)c3ccc(Cl)cc3)n2)c1. The monoisotopic (exact) mass is 464 g/mol. The molecule has 3 rings (SSSR count). The van der Waals surface area contributed by atoms with Crippen LogP contribution in [0.2, 0.25) is 5.02 Å². The number of methoxy groups -OCH3 is 1. The molecule has 11 heteroatoms. The van der Waals surface area contributed by atoms with Crippen LogP contribution in [-0.2, 0) is 21.4 Å². The molecule has 0 radical (unpaired) electrons. The molecular weight excluding hydrogens is 444 g/mol. The van der Waals surface area contributed by atoms with Crippen molar-refractivity contribution in [3.8, 4) is 17.1 Å². The van der Waals surface area contributed by atoms with Gasteiger partial charge in [0.1, 0.15) is 5.75 Å². The lowest BCUT2D eigenvalue weighted by Gasteiger charge is -2.20. The third-order valence-corrected chi connectivity index (χ3v) is 6.54. The molecule has 0 aliphatic rings. The van der Waals surface area contributed by atoms with Crippen molar-refractivity contribution >= 4 is 27.5 Å². The molecule has 164 valence electrons. The van der Waals surface area contributed by atoms with Crippen molar-refractivity contribution in [2.45, 2.75) is 11.4 Å². The van der Waals surface area contributed by atoms with Crippen molar-refractivity contribution in [3.63, 3.8) is 0 Å². The summed E-state index contributed by atoms with van der Waals surface area (Å²) >= 11 is 5.80. The number of sulfonamides is 1. The van der Waals surface area contributed by atoms with Gasteiger partial charge in [-0.3, -0.25) is 4.79 Å². The normalized spacial score (nSPS) is 11.5. The van der Waals surface area contributed by atoms with Crippen molar-refractivity contribution in [2.24, 2.45) is 0 Å². The van der Waals surface area contributed by atoms with E-state index in [0.29, 0.717) is 22.2 Å². The van der Waals surface area contributed by atoms with E-state index in [2.05, 4.69) is 10.1 Å². The number of nitrogens with zero attached hydrogens (tertiary/aromatic N) is 4. The Labute approximate surface area is 185 Å². The van der Waals surface area contributed by atoms with Gasteiger partial charge in [0.05, 0.1) is 25.1 Å². The van der Waals surface area contributed by atoms with Crippen LogP contribution in [0, 0.1) is 0 Å². The summed E-state index contributed by atoms with van der Waals surface area (Å²) in [5, 5.41) is 4.35. The Hall–Kier alpha value is -2.95. The second-order valence-corrected chi connectivity index (χ2v) is 9.19. The van der Waals surface area contributed by atoms with Gasteiger partial charge in [-0.05, 0) is 36.4 Å². The fourth-order valence-electron chi connectivity index (χ4n) is 2.67. The molecule has 0 saturated heterocycles. The first-order chi connectivity index (χ1) is 14.7. The van der Waals surface area contributed by atoms with Gasteiger partial charge in [0, 0.05) is 24.7 Å². The van der Waals surface area contributed by atoms with Crippen molar-refractivity contribution in [1.82, 2.24) is 19.3 Å². The maximum Gasteiger partial charge on any atom is 0.246 e. The Bertz CT molecular complexity index is 1160. The second-order valence-electron chi connectivity index (χ2n) is 6.71. The Morgan fingerprint density at radius 3 is 2.55 bits per heavy atom. The number of aromatic nitrogens is 2. The summed E-state index contributed by atoms with van der Waals surface area (Å²) in [6.45, 7) is -0.316. The zero-order valence-corrected chi connectivity index (χ0v) is 18.7. The van der Waals surface area contributed by atoms with E-state index in [9.17, 15) is 13.2 Å². The van der Waals surface area contributed by atoms with E-state index in [1.165, 1.54) is 43.3 Å². The van der Waals surface area contributed by atoms with Crippen LogP contribution in [0.3, 0.4) is 0 Å². The lowest BCUT2D eigenvalue weighted by molar-refractivity contribution is -0.130. The molecule has 3 aromatic rings. The number of carbonyl (C=O) groups is 1. The molecule has 1 heterocycles. The standard InChI is InChI=1S/C20H21ClN4O5S/c1-24(12-18-22-20(23-30-18)14-5-4-6-16(11-14)29-3)19(26)13-25(2)31(27,28)17-9-7-15(21)8-10-17/h4-11H,12-13H2,1-3H3. The van der Waals surface area contributed by atoms with Crippen molar-refractivity contribution in [2.75, 3.05) is 27.7 Å². The number of likely N-dealkylation sites (N-methyl/N-ethyl adjacent to an activating group) is 2. The van der Waals surface area contributed by atoms with Crippen molar-refractivity contribution in [3.05, 3.63) is 59.4 Å². The highest BCUT2D eigenvalue weighted by atomic mass is 35.5. The zero-order chi connectivity index (χ0) is 22.6. The lowest BCUT2D eigenvalue weighted by Crippen LogP contribution is -2.39. The second kappa shape index (κ2) is 9.46. The third kappa shape index (κ3) is 5.40. The summed E-state index contributed by atoms with van der Waals surface area (Å²) in [6, 6.07) is 12.9. The van der Waals surface area contributed by atoms with Gasteiger partial charge in [0.25, 0.3) is 0 Å². The molecule has 2 aromatic carbocycles. The first-order valence-electron chi connectivity index (χ1n) is 9.13. The molecule has 0 aliphatic heterocycles. The van der Waals surface area contributed by atoms with Gasteiger partial charge in [-0.15, -0.1) is 0 Å². The Morgan fingerprint density at radius 2 is 1.87 bits per heavy atom. The molecule has 0 spiro atoms. The zero-order valence-electron chi connectivity index (χ0n) is 17.1. The fourth-order valence-corrected chi connectivity index (χ4v) is 3.92. The summed E-state index contributed by atoms with van der Waals surface area (Å²) in [7, 11) is 0.594. The van der Waals surface area contributed by atoms with Crippen LogP contribution < -0.4 is 4.74 Å². The van der Waals surface area contributed by atoms with Crippen LogP contribution in [0.15, 0.2) is 57.9 Å². The molecule has 0 aliphatic carbocycles. The minimum absolute atomic E-state index is 0.0324. The van der Waals surface area contributed by atoms with Gasteiger partial charge in [0.15, 0.2) is 0 Å². The molecular formula is C20H21ClN4O5S. The average molecular weight is 465 g/mol. The van der Waals surface area contributed by atoms with Crippen molar-refractivity contribution in [1.29, 1.82) is 0 Å². The number of halogens is 1. The molecule has 0 bridgehead atoms. The number of ether oxygens (including phenoxy) is 1. The number of benzene rings is 2. The minimum atomic E-state index is -3.83. The van der Waals surface area contributed by atoms with E-state index in [-0.39, 0.29) is 23.9 Å². The van der Waals surface area contributed by atoms with E-state index in [1.807, 2.05) is 6.07 Å². The molecule has 9 nitrogen and oxygen atoms in total. The van der Waals surface area contributed by atoms with E-state index < -0.39 is 15.9 Å². The van der Waals surface area contributed by atoms with Gasteiger partial charge >= 0.3 is 0 Å². The lowest BCUT2D eigenvalue weighted by atomic mass is 10.2. The molecule has 0 N–H and O–H groups in total. The molecule has 1 aromatic heterocycles. The Kier molecular flexibility index (Phi) is 6.94. The van der Waals surface area contributed by atoms with Gasteiger partial charge in [-0.2, -0.15) is 9.29 Å². The summed E-state index contributed by atoms with van der Waals surface area (Å²) < 4.78 is 36.7. The predicted molar refractivity (Wildman–Crippen MR) is 114 cm³/mol. The molecule has 0 fully saturated rings. The predicted octanol–water partition coefficient (Wildman–Crippen LogP) is 2.68. The maximum atomic E-state index is 12.6. The topological polar surface area (TPSA) is 106 Å². The number of amides is 1. The minimum Gasteiger partial charge on any atom is -0.497 e. The van der Waals surface area contributed by atoms with Gasteiger partial charge in [0.2, 0.25) is 27.6 Å². The number of rotatable bonds is 8. The van der Waals surface area contributed by atoms with E-state index in [4.69, 9.17) is 20.9 Å². The number of carbonyl (C=O) groups excluding carboxylic acids is 1. The highest BCUT2D eigenvalue weighted by Gasteiger charge is 2.25. The highest BCUT2D eigenvalue weighted by Crippen LogP contribution is 2.22. The van der Waals surface area contributed by atoms with Crippen LogP contribution in [0.1, 0.15) is 5.89 Å².